The zero-order valence-electron chi connectivity index (χ0n) is 12.2. The number of sulfonamides is 1. The van der Waals surface area contributed by atoms with Crippen LogP contribution in [-0.4, -0.2) is 8.42 Å². The van der Waals surface area contributed by atoms with Crippen molar-refractivity contribution in [2.75, 3.05) is 4.72 Å². The number of rotatable bonds is 3. The number of alkyl halides is 3. The zero-order chi connectivity index (χ0) is 17.4. The van der Waals surface area contributed by atoms with Crippen molar-refractivity contribution >= 4 is 27.3 Å². The van der Waals surface area contributed by atoms with Gasteiger partial charge in [-0.3, -0.25) is 4.72 Å². The van der Waals surface area contributed by atoms with Crippen molar-refractivity contribution in [2.45, 2.75) is 24.9 Å². The molecule has 0 saturated heterocycles. The van der Waals surface area contributed by atoms with Crippen LogP contribution in [0.2, 0.25) is 5.02 Å². The smallest absolute Gasteiger partial charge is 0.279 e. The fraction of sp³-hybridized carbons (Fsp3) is 0.200. The molecule has 0 radical (unpaired) electrons. The molecule has 0 aromatic heterocycles. The summed E-state index contributed by atoms with van der Waals surface area (Å²) in [6.45, 7) is 3.40. The Morgan fingerprint density at radius 3 is 2.13 bits per heavy atom. The lowest BCUT2D eigenvalue weighted by atomic mass is 10.1. The first-order chi connectivity index (χ1) is 10.5. The van der Waals surface area contributed by atoms with Crippen molar-refractivity contribution in [2.24, 2.45) is 0 Å². The second-order valence-corrected chi connectivity index (χ2v) is 7.10. The topological polar surface area (TPSA) is 46.2 Å². The van der Waals surface area contributed by atoms with Crippen LogP contribution in [0.5, 0.6) is 0 Å². The van der Waals surface area contributed by atoms with Crippen molar-refractivity contribution in [1.82, 2.24) is 0 Å². The van der Waals surface area contributed by atoms with E-state index < -0.39 is 31.7 Å². The van der Waals surface area contributed by atoms with E-state index >= 15 is 0 Å². The van der Waals surface area contributed by atoms with E-state index in [1.807, 2.05) is 0 Å². The van der Waals surface area contributed by atoms with Crippen molar-refractivity contribution in [3.05, 3.63) is 58.1 Å². The van der Waals surface area contributed by atoms with Gasteiger partial charge >= 0.3 is 6.18 Å². The number of hydrogen-bond acceptors (Lipinski definition) is 2. The summed E-state index contributed by atoms with van der Waals surface area (Å²) in [7, 11) is -4.17. The van der Waals surface area contributed by atoms with Crippen LogP contribution >= 0.6 is 11.6 Å². The summed E-state index contributed by atoms with van der Waals surface area (Å²) in [6.07, 6.45) is -4.73. The SMILES string of the molecule is Cc1cccc(C)c1NS(=O)(=O)c1ccc(Cl)c(C(F)(F)F)c1. The van der Waals surface area contributed by atoms with E-state index in [0.29, 0.717) is 22.9 Å². The Bertz CT molecular complexity index is 828. The highest BCUT2D eigenvalue weighted by atomic mass is 35.5. The van der Waals surface area contributed by atoms with E-state index in [0.717, 1.165) is 12.1 Å². The molecule has 2 aromatic rings. The maximum atomic E-state index is 12.9. The number of anilines is 1. The highest BCUT2D eigenvalue weighted by Crippen LogP contribution is 2.36. The Morgan fingerprint density at radius 2 is 1.61 bits per heavy atom. The summed E-state index contributed by atoms with van der Waals surface area (Å²) >= 11 is 5.51. The van der Waals surface area contributed by atoms with E-state index in [-0.39, 0.29) is 0 Å². The third kappa shape index (κ3) is 3.79. The first-order valence-electron chi connectivity index (χ1n) is 6.48. The van der Waals surface area contributed by atoms with Crippen LogP contribution in [-0.2, 0) is 16.2 Å². The summed E-state index contributed by atoms with van der Waals surface area (Å²) in [5.74, 6) is 0. The molecule has 0 unspecified atom stereocenters. The minimum atomic E-state index is -4.73. The fourth-order valence-corrected chi connectivity index (χ4v) is 3.51. The summed E-state index contributed by atoms with van der Waals surface area (Å²) in [5.41, 5.74) is 0.483. The van der Waals surface area contributed by atoms with E-state index in [2.05, 4.69) is 4.72 Å². The van der Waals surface area contributed by atoms with Gasteiger partial charge in [-0.25, -0.2) is 8.42 Å². The average molecular weight is 364 g/mol. The van der Waals surface area contributed by atoms with Gasteiger partial charge in [-0.15, -0.1) is 0 Å². The standard InChI is InChI=1S/C15H13ClF3NO2S/c1-9-4-3-5-10(2)14(9)20-23(21,22)11-6-7-13(16)12(8-11)15(17,18)19/h3-8,20H,1-2H3. The normalized spacial score (nSPS) is 12.3. The Morgan fingerprint density at radius 1 is 1.04 bits per heavy atom. The van der Waals surface area contributed by atoms with Crippen LogP contribution < -0.4 is 4.72 Å². The summed E-state index contributed by atoms with van der Waals surface area (Å²) in [5, 5.41) is -0.552. The molecular formula is C15H13ClF3NO2S. The van der Waals surface area contributed by atoms with Gasteiger partial charge in [0.15, 0.2) is 0 Å². The van der Waals surface area contributed by atoms with Crippen molar-refractivity contribution in [1.29, 1.82) is 0 Å². The molecule has 0 aliphatic rings. The van der Waals surface area contributed by atoms with Gasteiger partial charge in [-0.1, -0.05) is 29.8 Å². The Labute approximate surface area is 137 Å². The van der Waals surface area contributed by atoms with Gasteiger partial charge < -0.3 is 0 Å². The monoisotopic (exact) mass is 363 g/mol. The van der Waals surface area contributed by atoms with Crippen LogP contribution in [0.3, 0.4) is 0 Å². The molecule has 0 aliphatic carbocycles. The Balaban J connectivity index is 2.49. The third-order valence-electron chi connectivity index (χ3n) is 3.27. The first-order valence-corrected chi connectivity index (χ1v) is 8.34. The molecule has 124 valence electrons. The van der Waals surface area contributed by atoms with E-state index in [4.69, 9.17) is 11.6 Å². The molecule has 0 bridgehead atoms. The summed E-state index contributed by atoms with van der Waals surface area (Å²) in [6, 6.07) is 7.64. The summed E-state index contributed by atoms with van der Waals surface area (Å²) in [4.78, 5) is -0.503. The number of hydrogen-bond donors (Lipinski definition) is 1. The van der Waals surface area contributed by atoms with Crippen molar-refractivity contribution in [3.63, 3.8) is 0 Å². The maximum Gasteiger partial charge on any atom is 0.417 e. The molecular weight excluding hydrogens is 351 g/mol. The molecule has 1 N–H and O–H groups in total. The van der Waals surface area contributed by atoms with Crippen LogP contribution in [0.25, 0.3) is 0 Å². The van der Waals surface area contributed by atoms with Gasteiger partial charge in [-0.05, 0) is 43.2 Å². The van der Waals surface area contributed by atoms with Crippen LogP contribution in [0.1, 0.15) is 16.7 Å². The number of nitrogens with one attached hydrogen (secondary N) is 1. The number of benzene rings is 2. The van der Waals surface area contributed by atoms with Gasteiger partial charge in [-0.2, -0.15) is 13.2 Å². The van der Waals surface area contributed by atoms with Crippen LogP contribution in [0.15, 0.2) is 41.3 Å². The van der Waals surface area contributed by atoms with Crippen LogP contribution in [0.4, 0.5) is 18.9 Å². The minimum absolute atomic E-state index is 0.344. The molecule has 23 heavy (non-hydrogen) atoms. The van der Waals surface area contributed by atoms with Gasteiger partial charge in [0.2, 0.25) is 0 Å². The fourth-order valence-electron chi connectivity index (χ4n) is 2.06. The highest BCUT2D eigenvalue weighted by Gasteiger charge is 2.34. The number of halogens is 4. The average Bonchev–Trinajstić information content (AvgIpc) is 2.42. The van der Waals surface area contributed by atoms with Crippen molar-refractivity contribution in [3.8, 4) is 0 Å². The maximum absolute atomic E-state index is 12.9. The molecule has 0 aliphatic heterocycles. The molecule has 2 aromatic carbocycles. The molecule has 0 heterocycles. The predicted molar refractivity (Wildman–Crippen MR) is 83.2 cm³/mol. The molecule has 0 saturated carbocycles. The van der Waals surface area contributed by atoms with Gasteiger partial charge in [0.1, 0.15) is 0 Å². The van der Waals surface area contributed by atoms with Crippen LogP contribution in [0, 0.1) is 13.8 Å². The quantitative estimate of drug-likeness (QED) is 0.853. The molecule has 0 amide bonds. The Hall–Kier alpha value is -1.73. The third-order valence-corrected chi connectivity index (χ3v) is 4.95. The summed E-state index contributed by atoms with van der Waals surface area (Å²) < 4.78 is 65.7. The predicted octanol–water partition coefficient (Wildman–Crippen LogP) is 4.78. The lowest BCUT2D eigenvalue weighted by molar-refractivity contribution is -0.137. The molecule has 0 fully saturated rings. The largest absolute Gasteiger partial charge is 0.417 e. The second kappa shape index (κ2) is 6.05. The highest BCUT2D eigenvalue weighted by molar-refractivity contribution is 7.92. The lowest BCUT2D eigenvalue weighted by Gasteiger charge is -2.15. The number of para-hydroxylation sites is 1. The molecule has 2 rings (SSSR count). The van der Waals surface area contributed by atoms with Gasteiger partial charge in [0.25, 0.3) is 10.0 Å². The van der Waals surface area contributed by atoms with E-state index in [1.165, 1.54) is 0 Å². The second-order valence-electron chi connectivity index (χ2n) is 5.01. The molecule has 8 heteroatoms. The lowest BCUT2D eigenvalue weighted by Crippen LogP contribution is -2.16. The molecule has 0 spiro atoms. The van der Waals surface area contributed by atoms with E-state index in [1.54, 1.807) is 32.0 Å². The zero-order valence-corrected chi connectivity index (χ0v) is 13.8. The first kappa shape index (κ1) is 17.6. The van der Waals surface area contributed by atoms with Crippen molar-refractivity contribution < 1.29 is 21.6 Å². The van der Waals surface area contributed by atoms with Gasteiger partial charge in [0, 0.05) is 0 Å². The van der Waals surface area contributed by atoms with Gasteiger partial charge in [0.05, 0.1) is 21.2 Å². The molecule has 0 atom stereocenters. The Kier molecular flexibility index (Phi) is 4.64. The van der Waals surface area contributed by atoms with E-state index in [9.17, 15) is 21.6 Å². The minimum Gasteiger partial charge on any atom is -0.279 e. The number of aryl methyl sites for hydroxylation is 2. The molecule has 3 nitrogen and oxygen atoms in total.